The second-order valence-electron chi connectivity index (χ2n) is 4.49. The number of nitrogens with one attached hydrogen (secondary N) is 3. The van der Waals surface area contributed by atoms with Crippen molar-refractivity contribution in [2.24, 2.45) is 17.2 Å². The third-order valence-electron chi connectivity index (χ3n) is 2.71. The molecule has 0 rings (SSSR count). The topological polar surface area (TPSA) is 114 Å². The molecule has 0 radical (unpaired) electrons. The molecule has 0 atom stereocenters. The van der Waals surface area contributed by atoms with E-state index in [1.807, 2.05) is 0 Å². The minimum absolute atomic E-state index is 0.437. The summed E-state index contributed by atoms with van der Waals surface area (Å²) in [5.41, 5.74) is 16.4. The molecule has 0 aromatic carbocycles. The highest BCUT2D eigenvalue weighted by atomic mass is 15.0. The molecule has 0 bridgehead atoms. The van der Waals surface area contributed by atoms with Gasteiger partial charge in [0.15, 0.2) is 0 Å². The lowest BCUT2D eigenvalue weighted by atomic mass is 10.2. The van der Waals surface area contributed by atoms with E-state index in [1.165, 1.54) is 0 Å². The van der Waals surface area contributed by atoms with Gasteiger partial charge in [-0.2, -0.15) is 0 Å². The molecule has 0 aliphatic rings. The Balaban J connectivity index is 3.62. The number of hydrogen-bond acceptors (Lipinski definition) is 6. The van der Waals surface area contributed by atoms with Gasteiger partial charge in [-0.1, -0.05) is 0 Å². The highest BCUT2D eigenvalue weighted by Gasteiger charge is 2.06. The van der Waals surface area contributed by atoms with E-state index in [-0.39, 0.29) is 0 Å². The average molecular weight is 260 g/mol. The molecule has 0 aromatic rings. The van der Waals surface area contributed by atoms with Crippen molar-refractivity contribution in [2.75, 3.05) is 52.4 Å². The monoisotopic (exact) mass is 260 g/mol. The molecule has 110 valence electrons. The summed E-state index contributed by atoms with van der Waals surface area (Å²) in [6.07, 6.45) is 3.06. The van der Waals surface area contributed by atoms with Crippen LogP contribution in [-0.2, 0) is 0 Å². The first kappa shape index (κ1) is 17.8. The summed E-state index contributed by atoms with van der Waals surface area (Å²) in [5.74, 6) is 0. The summed E-state index contributed by atoms with van der Waals surface area (Å²) >= 11 is 0. The van der Waals surface area contributed by atoms with Gasteiger partial charge in [0, 0.05) is 19.1 Å². The molecule has 0 spiro atoms. The Bertz CT molecular complexity index is 144. The molecule has 0 aliphatic heterocycles. The fraction of sp³-hybridized carbons (Fsp3) is 1.00. The van der Waals surface area contributed by atoms with Crippen LogP contribution in [0.15, 0.2) is 0 Å². The van der Waals surface area contributed by atoms with Crippen LogP contribution in [0.5, 0.6) is 0 Å². The lowest BCUT2D eigenvalue weighted by Crippen LogP contribution is -2.46. The SMILES string of the molecule is NCCCNCC(CNCCCN)NCCCN. The minimum Gasteiger partial charge on any atom is -0.330 e. The number of hydrogen-bond donors (Lipinski definition) is 6. The predicted molar refractivity (Wildman–Crippen MR) is 78.5 cm³/mol. The van der Waals surface area contributed by atoms with Crippen molar-refractivity contribution < 1.29 is 0 Å². The molecule has 18 heavy (non-hydrogen) atoms. The largest absolute Gasteiger partial charge is 0.330 e. The fourth-order valence-electron chi connectivity index (χ4n) is 1.63. The van der Waals surface area contributed by atoms with Crippen molar-refractivity contribution >= 4 is 0 Å². The molecule has 6 heteroatoms. The zero-order valence-electron chi connectivity index (χ0n) is 11.6. The number of rotatable bonds is 14. The second-order valence-corrected chi connectivity index (χ2v) is 4.49. The van der Waals surface area contributed by atoms with E-state index in [4.69, 9.17) is 17.2 Å². The van der Waals surface area contributed by atoms with Gasteiger partial charge in [0.2, 0.25) is 0 Å². The molecule has 0 heterocycles. The van der Waals surface area contributed by atoms with Crippen LogP contribution in [0.2, 0.25) is 0 Å². The van der Waals surface area contributed by atoms with Gasteiger partial charge in [-0.15, -0.1) is 0 Å². The maximum atomic E-state index is 5.50. The van der Waals surface area contributed by atoms with E-state index in [0.29, 0.717) is 6.04 Å². The standard InChI is InChI=1S/C12H32N6/c13-4-1-7-16-10-12(18-9-3-6-15)11-17-8-2-5-14/h12,16-18H,1-11,13-15H2. The maximum Gasteiger partial charge on any atom is 0.0317 e. The molecule has 0 aromatic heterocycles. The van der Waals surface area contributed by atoms with E-state index in [0.717, 1.165) is 71.6 Å². The fourth-order valence-corrected chi connectivity index (χ4v) is 1.63. The van der Waals surface area contributed by atoms with E-state index < -0.39 is 0 Å². The molecule has 0 unspecified atom stereocenters. The van der Waals surface area contributed by atoms with Gasteiger partial charge in [0.25, 0.3) is 0 Å². The summed E-state index contributed by atoms with van der Waals surface area (Å²) in [7, 11) is 0. The van der Waals surface area contributed by atoms with Crippen molar-refractivity contribution in [3.8, 4) is 0 Å². The van der Waals surface area contributed by atoms with Crippen molar-refractivity contribution in [3.05, 3.63) is 0 Å². The Morgan fingerprint density at radius 2 is 1.11 bits per heavy atom. The third-order valence-corrected chi connectivity index (χ3v) is 2.71. The summed E-state index contributed by atoms with van der Waals surface area (Å²) in [6.45, 7) is 7.07. The summed E-state index contributed by atoms with van der Waals surface area (Å²) in [4.78, 5) is 0. The second kappa shape index (κ2) is 14.8. The first-order valence-electron chi connectivity index (χ1n) is 7.10. The minimum atomic E-state index is 0.437. The van der Waals surface area contributed by atoms with Crippen molar-refractivity contribution in [2.45, 2.75) is 25.3 Å². The lowest BCUT2D eigenvalue weighted by molar-refractivity contribution is 0.441. The lowest BCUT2D eigenvalue weighted by Gasteiger charge is -2.20. The Morgan fingerprint density at radius 1 is 0.667 bits per heavy atom. The molecule has 0 amide bonds. The molecule has 6 nitrogen and oxygen atoms in total. The molecule has 0 fully saturated rings. The van der Waals surface area contributed by atoms with Gasteiger partial charge in [-0.3, -0.25) is 0 Å². The maximum absolute atomic E-state index is 5.50. The van der Waals surface area contributed by atoms with E-state index in [2.05, 4.69) is 16.0 Å². The molecular weight excluding hydrogens is 228 g/mol. The van der Waals surface area contributed by atoms with Crippen molar-refractivity contribution in [1.29, 1.82) is 0 Å². The van der Waals surface area contributed by atoms with Crippen molar-refractivity contribution in [3.63, 3.8) is 0 Å². The van der Waals surface area contributed by atoms with E-state index >= 15 is 0 Å². The molecule has 0 aliphatic carbocycles. The quantitative estimate of drug-likeness (QED) is 0.205. The predicted octanol–water partition coefficient (Wildman–Crippen LogP) is -1.83. The molecule has 9 N–H and O–H groups in total. The Labute approximate surface area is 111 Å². The van der Waals surface area contributed by atoms with Gasteiger partial charge in [0.05, 0.1) is 0 Å². The summed E-state index contributed by atoms with van der Waals surface area (Å²) in [5, 5.41) is 10.3. The van der Waals surface area contributed by atoms with E-state index in [1.54, 1.807) is 0 Å². The third kappa shape index (κ3) is 12.2. The first-order chi connectivity index (χ1) is 8.85. The summed E-state index contributed by atoms with van der Waals surface area (Å²) in [6, 6.07) is 0.437. The van der Waals surface area contributed by atoms with Crippen LogP contribution < -0.4 is 33.2 Å². The van der Waals surface area contributed by atoms with Crippen LogP contribution >= 0.6 is 0 Å². The number of nitrogens with two attached hydrogens (primary N) is 3. The highest BCUT2D eigenvalue weighted by Crippen LogP contribution is 1.83. The van der Waals surface area contributed by atoms with Gasteiger partial charge in [-0.05, 0) is 58.5 Å². The normalized spacial score (nSPS) is 11.3. The van der Waals surface area contributed by atoms with Crippen LogP contribution in [-0.4, -0.2) is 58.4 Å². The van der Waals surface area contributed by atoms with Gasteiger partial charge in [0.1, 0.15) is 0 Å². The molecular formula is C12H32N6. The molecule has 0 saturated heterocycles. The Hall–Kier alpha value is -0.240. The average Bonchev–Trinajstić information content (AvgIpc) is 2.39. The Morgan fingerprint density at radius 3 is 1.56 bits per heavy atom. The van der Waals surface area contributed by atoms with Crippen LogP contribution in [0.4, 0.5) is 0 Å². The van der Waals surface area contributed by atoms with E-state index in [9.17, 15) is 0 Å². The van der Waals surface area contributed by atoms with Crippen molar-refractivity contribution in [1.82, 2.24) is 16.0 Å². The van der Waals surface area contributed by atoms with Crippen LogP contribution in [0, 0.1) is 0 Å². The van der Waals surface area contributed by atoms with Gasteiger partial charge >= 0.3 is 0 Å². The highest BCUT2D eigenvalue weighted by molar-refractivity contribution is 4.72. The van der Waals surface area contributed by atoms with Gasteiger partial charge < -0.3 is 33.2 Å². The van der Waals surface area contributed by atoms with Crippen LogP contribution in [0.1, 0.15) is 19.3 Å². The van der Waals surface area contributed by atoms with Gasteiger partial charge in [-0.25, -0.2) is 0 Å². The first-order valence-corrected chi connectivity index (χ1v) is 7.10. The Kier molecular flexibility index (Phi) is 14.6. The smallest absolute Gasteiger partial charge is 0.0317 e. The molecule has 0 saturated carbocycles. The zero-order chi connectivity index (χ0) is 13.5. The van der Waals surface area contributed by atoms with Crippen LogP contribution in [0.3, 0.4) is 0 Å². The van der Waals surface area contributed by atoms with Crippen LogP contribution in [0.25, 0.3) is 0 Å². The zero-order valence-corrected chi connectivity index (χ0v) is 11.6. The summed E-state index contributed by atoms with van der Waals surface area (Å²) < 4.78 is 0.